The highest BCUT2D eigenvalue weighted by Gasteiger charge is 2.61. The third-order valence-corrected chi connectivity index (χ3v) is 3.20. The van der Waals surface area contributed by atoms with E-state index in [0.29, 0.717) is 5.92 Å². The van der Waals surface area contributed by atoms with E-state index >= 15 is 0 Å². The zero-order valence-corrected chi connectivity index (χ0v) is 7.86. The molecule has 1 saturated carbocycles. The number of aliphatic hydroxyl groups is 2. The SMILES string of the molecule is C=C1C(O)CC(C)CC12OC2CO. The van der Waals surface area contributed by atoms with E-state index in [9.17, 15) is 5.11 Å². The molecule has 1 aliphatic carbocycles. The lowest BCUT2D eigenvalue weighted by molar-refractivity contribution is 0.115. The van der Waals surface area contributed by atoms with Crippen molar-refractivity contribution < 1.29 is 14.9 Å². The molecule has 1 saturated heterocycles. The van der Waals surface area contributed by atoms with Crippen molar-refractivity contribution >= 4 is 0 Å². The average Bonchev–Trinajstić information content (AvgIpc) is 2.75. The zero-order chi connectivity index (χ0) is 9.64. The molecule has 3 nitrogen and oxygen atoms in total. The molecule has 1 heterocycles. The van der Waals surface area contributed by atoms with Gasteiger partial charge in [-0.1, -0.05) is 13.5 Å². The molecule has 0 radical (unpaired) electrons. The second-order valence-corrected chi connectivity index (χ2v) is 4.26. The first-order valence-electron chi connectivity index (χ1n) is 4.76. The van der Waals surface area contributed by atoms with Crippen molar-refractivity contribution in [1.82, 2.24) is 0 Å². The van der Waals surface area contributed by atoms with Gasteiger partial charge in [-0.05, 0) is 24.3 Å². The second-order valence-electron chi connectivity index (χ2n) is 4.26. The Bertz CT molecular complexity index is 238. The number of ether oxygens (including phenoxy) is 1. The summed E-state index contributed by atoms with van der Waals surface area (Å²) in [5.74, 6) is 0.442. The van der Waals surface area contributed by atoms with E-state index in [2.05, 4.69) is 13.5 Å². The number of epoxide rings is 1. The smallest absolute Gasteiger partial charge is 0.121 e. The van der Waals surface area contributed by atoms with Crippen LogP contribution in [0.4, 0.5) is 0 Å². The van der Waals surface area contributed by atoms with Crippen LogP contribution in [0, 0.1) is 5.92 Å². The standard InChI is InChI=1S/C10H16O3/c1-6-3-8(12)7(2)10(4-6)9(5-11)13-10/h6,8-9,11-12H,2-5H2,1H3. The minimum absolute atomic E-state index is 0.0263. The number of rotatable bonds is 1. The van der Waals surface area contributed by atoms with Gasteiger partial charge in [0.2, 0.25) is 0 Å². The molecule has 0 amide bonds. The fourth-order valence-corrected chi connectivity index (χ4v) is 2.40. The molecule has 1 aliphatic heterocycles. The average molecular weight is 184 g/mol. The first-order chi connectivity index (χ1) is 6.10. The molecule has 0 bridgehead atoms. The summed E-state index contributed by atoms with van der Waals surface area (Å²) in [5.41, 5.74) is 0.357. The van der Waals surface area contributed by atoms with Gasteiger partial charge in [-0.2, -0.15) is 0 Å². The van der Waals surface area contributed by atoms with Gasteiger partial charge in [0.15, 0.2) is 0 Å². The molecule has 13 heavy (non-hydrogen) atoms. The monoisotopic (exact) mass is 184 g/mol. The van der Waals surface area contributed by atoms with Crippen LogP contribution in [0.25, 0.3) is 0 Å². The summed E-state index contributed by atoms with van der Waals surface area (Å²) < 4.78 is 5.44. The van der Waals surface area contributed by atoms with Crippen LogP contribution in [0.15, 0.2) is 12.2 Å². The van der Waals surface area contributed by atoms with Gasteiger partial charge in [0.05, 0.1) is 12.7 Å². The van der Waals surface area contributed by atoms with Gasteiger partial charge in [-0.25, -0.2) is 0 Å². The molecule has 3 heteroatoms. The van der Waals surface area contributed by atoms with Crippen LogP contribution in [0.2, 0.25) is 0 Å². The summed E-state index contributed by atoms with van der Waals surface area (Å²) in [5, 5.41) is 18.6. The van der Waals surface area contributed by atoms with Crippen molar-refractivity contribution in [2.24, 2.45) is 5.92 Å². The fraction of sp³-hybridized carbons (Fsp3) is 0.800. The molecule has 0 aromatic heterocycles. The van der Waals surface area contributed by atoms with Gasteiger partial charge in [-0.15, -0.1) is 0 Å². The van der Waals surface area contributed by atoms with Crippen molar-refractivity contribution in [3.05, 3.63) is 12.2 Å². The zero-order valence-electron chi connectivity index (χ0n) is 7.86. The highest BCUT2D eigenvalue weighted by Crippen LogP contribution is 2.52. The first kappa shape index (κ1) is 9.19. The Balaban J connectivity index is 2.15. The molecule has 4 unspecified atom stereocenters. The van der Waals surface area contributed by atoms with E-state index in [0.717, 1.165) is 18.4 Å². The lowest BCUT2D eigenvalue weighted by atomic mass is 9.75. The Morgan fingerprint density at radius 3 is 2.92 bits per heavy atom. The van der Waals surface area contributed by atoms with Crippen molar-refractivity contribution in [2.45, 2.75) is 37.6 Å². The molecule has 0 aromatic carbocycles. The third-order valence-electron chi connectivity index (χ3n) is 3.20. The molecule has 74 valence electrons. The summed E-state index contributed by atoms with van der Waals surface area (Å²) in [6, 6.07) is 0. The summed E-state index contributed by atoms with van der Waals surface area (Å²) in [6.07, 6.45) is 1.06. The van der Waals surface area contributed by atoms with Gasteiger partial charge >= 0.3 is 0 Å². The quantitative estimate of drug-likeness (QED) is 0.460. The molecule has 0 aromatic rings. The summed E-state index contributed by atoms with van der Waals surface area (Å²) >= 11 is 0. The van der Waals surface area contributed by atoms with Crippen LogP contribution in [-0.2, 0) is 4.74 Å². The van der Waals surface area contributed by atoms with Gasteiger partial charge in [-0.3, -0.25) is 0 Å². The van der Waals surface area contributed by atoms with Crippen molar-refractivity contribution in [2.75, 3.05) is 6.61 Å². The summed E-state index contributed by atoms with van der Waals surface area (Å²) in [6.45, 7) is 5.97. The molecule has 1 spiro atoms. The van der Waals surface area contributed by atoms with E-state index in [1.54, 1.807) is 0 Å². The molecule has 4 atom stereocenters. The summed E-state index contributed by atoms with van der Waals surface area (Å²) in [4.78, 5) is 0. The topological polar surface area (TPSA) is 53.0 Å². The van der Waals surface area contributed by atoms with Crippen molar-refractivity contribution in [3.63, 3.8) is 0 Å². The van der Waals surface area contributed by atoms with Gasteiger partial charge < -0.3 is 14.9 Å². The molecular weight excluding hydrogens is 168 g/mol. The Hall–Kier alpha value is -0.380. The lowest BCUT2D eigenvalue weighted by Crippen LogP contribution is -2.36. The molecule has 2 aliphatic rings. The molecule has 2 N–H and O–H groups in total. The van der Waals surface area contributed by atoms with Crippen molar-refractivity contribution in [3.8, 4) is 0 Å². The van der Waals surface area contributed by atoms with Crippen LogP contribution in [-0.4, -0.2) is 34.6 Å². The minimum Gasteiger partial charge on any atom is -0.394 e. The maximum Gasteiger partial charge on any atom is 0.121 e. The van der Waals surface area contributed by atoms with E-state index < -0.39 is 11.7 Å². The Kier molecular flexibility index (Phi) is 1.98. The second kappa shape index (κ2) is 2.80. The van der Waals surface area contributed by atoms with E-state index in [-0.39, 0.29) is 12.7 Å². The third kappa shape index (κ3) is 1.23. The highest BCUT2D eigenvalue weighted by atomic mass is 16.6. The lowest BCUT2D eigenvalue weighted by Gasteiger charge is -2.31. The predicted molar refractivity (Wildman–Crippen MR) is 48.2 cm³/mol. The Morgan fingerprint density at radius 2 is 2.38 bits per heavy atom. The first-order valence-corrected chi connectivity index (χ1v) is 4.76. The normalized spacial score (nSPS) is 49.8. The van der Waals surface area contributed by atoms with Gasteiger partial charge in [0.25, 0.3) is 0 Å². The van der Waals surface area contributed by atoms with Crippen LogP contribution in [0.5, 0.6) is 0 Å². The maximum absolute atomic E-state index is 9.68. The predicted octanol–water partition coefficient (Wildman–Crippen LogP) is 0.463. The van der Waals surface area contributed by atoms with Crippen LogP contribution < -0.4 is 0 Å². The van der Waals surface area contributed by atoms with E-state index in [1.165, 1.54) is 0 Å². The highest BCUT2D eigenvalue weighted by molar-refractivity contribution is 5.30. The van der Waals surface area contributed by atoms with Crippen LogP contribution in [0.3, 0.4) is 0 Å². The van der Waals surface area contributed by atoms with Crippen LogP contribution in [0.1, 0.15) is 19.8 Å². The fourth-order valence-electron chi connectivity index (χ4n) is 2.40. The number of hydrogen-bond donors (Lipinski definition) is 2. The van der Waals surface area contributed by atoms with Gasteiger partial charge in [0.1, 0.15) is 11.7 Å². The molecular formula is C10H16O3. The van der Waals surface area contributed by atoms with E-state index in [4.69, 9.17) is 9.84 Å². The maximum atomic E-state index is 9.68. The van der Waals surface area contributed by atoms with Crippen LogP contribution >= 0.6 is 0 Å². The Morgan fingerprint density at radius 1 is 1.69 bits per heavy atom. The van der Waals surface area contributed by atoms with E-state index in [1.807, 2.05) is 0 Å². The molecule has 2 rings (SSSR count). The number of hydrogen-bond acceptors (Lipinski definition) is 3. The largest absolute Gasteiger partial charge is 0.394 e. The number of aliphatic hydroxyl groups excluding tert-OH is 2. The Labute approximate surface area is 78.0 Å². The van der Waals surface area contributed by atoms with Gasteiger partial charge in [0, 0.05) is 0 Å². The summed E-state index contributed by atoms with van der Waals surface area (Å²) in [7, 11) is 0. The van der Waals surface area contributed by atoms with Crippen molar-refractivity contribution in [1.29, 1.82) is 0 Å². The minimum atomic E-state index is -0.458. The molecule has 2 fully saturated rings.